The minimum Gasteiger partial charge on any atom is -0.465 e. The molecule has 0 aromatic heterocycles. The second-order valence-electron chi connectivity index (χ2n) is 3.19. The van der Waals surface area contributed by atoms with Crippen LogP contribution in [0.3, 0.4) is 0 Å². The molecule has 0 fully saturated rings. The van der Waals surface area contributed by atoms with Crippen molar-refractivity contribution in [2.75, 3.05) is 13.7 Å². The summed E-state index contributed by atoms with van der Waals surface area (Å²) in [6.45, 7) is 0.112. The van der Waals surface area contributed by atoms with E-state index in [2.05, 4.69) is 4.99 Å². The first-order valence-corrected chi connectivity index (χ1v) is 4.82. The monoisotopic (exact) mass is 241 g/mol. The quantitative estimate of drug-likeness (QED) is 0.371. The summed E-state index contributed by atoms with van der Waals surface area (Å²) in [4.78, 5) is 13.5. The van der Waals surface area contributed by atoms with Crippen LogP contribution in [-0.2, 0) is 11.2 Å². The van der Waals surface area contributed by atoms with Crippen molar-refractivity contribution in [3.8, 4) is 0 Å². The number of rotatable bonds is 4. The number of benzene rings is 1. The van der Waals surface area contributed by atoms with Crippen molar-refractivity contribution >= 4 is 11.7 Å². The van der Waals surface area contributed by atoms with Crippen LogP contribution in [0.2, 0.25) is 0 Å². The van der Waals surface area contributed by atoms with Crippen LogP contribution in [0.1, 0.15) is 5.56 Å². The van der Waals surface area contributed by atoms with Crippen LogP contribution in [0.25, 0.3) is 0 Å². The molecule has 92 valence electrons. The fourth-order valence-corrected chi connectivity index (χ4v) is 1.20. The summed E-state index contributed by atoms with van der Waals surface area (Å²) in [5, 5.41) is 10.5. The second kappa shape index (κ2) is 5.78. The van der Waals surface area contributed by atoms with Gasteiger partial charge in [-0.3, -0.25) is 10.1 Å². The molecule has 1 aromatic rings. The number of amidine groups is 1. The van der Waals surface area contributed by atoms with Crippen LogP contribution in [-0.4, -0.2) is 24.6 Å². The molecule has 0 spiro atoms. The van der Waals surface area contributed by atoms with Crippen molar-refractivity contribution in [1.82, 2.24) is 0 Å². The molecular formula is C10H12FN3O3. The smallest absolute Gasteiger partial charge is 0.281 e. The van der Waals surface area contributed by atoms with Crippen molar-refractivity contribution in [3.63, 3.8) is 0 Å². The maximum absolute atomic E-state index is 13.3. The number of hydrogen-bond acceptors (Lipinski definition) is 4. The van der Waals surface area contributed by atoms with E-state index in [0.29, 0.717) is 0 Å². The number of nitrogens with two attached hydrogens (primary N) is 1. The number of hydrogen-bond donors (Lipinski definition) is 1. The summed E-state index contributed by atoms with van der Waals surface area (Å²) >= 11 is 0. The first-order valence-electron chi connectivity index (χ1n) is 4.82. The molecule has 0 saturated heterocycles. The van der Waals surface area contributed by atoms with Crippen molar-refractivity contribution in [2.45, 2.75) is 6.42 Å². The maximum Gasteiger partial charge on any atom is 0.281 e. The van der Waals surface area contributed by atoms with Gasteiger partial charge in [0.1, 0.15) is 5.82 Å². The van der Waals surface area contributed by atoms with Crippen LogP contribution in [0, 0.1) is 15.9 Å². The van der Waals surface area contributed by atoms with E-state index in [9.17, 15) is 14.5 Å². The van der Waals surface area contributed by atoms with E-state index in [1.54, 1.807) is 0 Å². The number of nitro benzene ring substituents is 1. The topological polar surface area (TPSA) is 90.8 Å². The molecule has 17 heavy (non-hydrogen) atoms. The molecule has 0 aliphatic heterocycles. The molecule has 1 rings (SSSR count). The highest BCUT2D eigenvalue weighted by Crippen LogP contribution is 2.17. The molecule has 0 saturated carbocycles. The number of nitro groups is 1. The van der Waals surface area contributed by atoms with E-state index in [0.717, 1.165) is 12.1 Å². The third kappa shape index (κ3) is 3.71. The molecule has 0 aliphatic rings. The fraction of sp³-hybridized carbons (Fsp3) is 0.300. The lowest BCUT2D eigenvalue weighted by atomic mass is 10.1. The van der Waals surface area contributed by atoms with Crippen molar-refractivity contribution < 1.29 is 14.1 Å². The van der Waals surface area contributed by atoms with Gasteiger partial charge in [0.2, 0.25) is 0 Å². The van der Waals surface area contributed by atoms with Crippen molar-refractivity contribution in [2.24, 2.45) is 10.7 Å². The van der Waals surface area contributed by atoms with E-state index in [1.807, 2.05) is 0 Å². The zero-order valence-electron chi connectivity index (χ0n) is 9.22. The van der Waals surface area contributed by atoms with E-state index in [-0.39, 0.29) is 30.3 Å². The zero-order chi connectivity index (χ0) is 12.8. The second-order valence-corrected chi connectivity index (χ2v) is 3.19. The van der Waals surface area contributed by atoms with Gasteiger partial charge >= 0.3 is 0 Å². The maximum atomic E-state index is 13.3. The lowest BCUT2D eigenvalue weighted by Gasteiger charge is -2.05. The van der Waals surface area contributed by atoms with Crippen LogP contribution in [0.5, 0.6) is 0 Å². The highest BCUT2D eigenvalue weighted by molar-refractivity contribution is 5.71. The Morgan fingerprint density at radius 3 is 2.94 bits per heavy atom. The van der Waals surface area contributed by atoms with Crippen LogP contribution in [0.15, 0.2) is 23.2 Å². The number of ether oxygens (including phenoxy) is 1. The van der Waals surface area contributed by atoms with Crippen molar-refractivity contribution in [3.05, 3.63) is 39.7 Å². The van der Waals surface area contributed by atoms with Crippen LogP contribution >= 0.6 is 0 Å². The summed E-state index contributed by atoms with van der Waals surface area (Å²) in [7, 11) is 1.46. The van der Waals surface area contributed by atoms with Gasteiger partial charge in [0.15, 0.2) is 0 Å². The molecule has 6 nitrogen and oxygen atoms in total. The minimum atomic E-state index is -0.578. The molecule has 0 bridgehead atoms. The first kappa shape index (κ1) is 12.9. The van der Waals surface area contributed by atoms with Gasteiger partial charge in [0.05, 0.1) is 11.5 Å². The summed E-state index contributed by atoms with van der Waals surface area (Å²) in [6.07, 6.45) is 0.184. The third-order valence-corrected chi connectivity index (χ3v) is 2.08. The number of non-ortho nitro benzene ring substituents is 1. The first-order chi connectivity index (χ1) is 8.04. The lowest BCUT2D eigenvalue weighted by Crippen LogP contribution is -2.17. The average Bonchev–Trinajstić information content (AvgIpc) is 2.30. The molecule has 1 aromatic carbocycles. The molecule has 2 N–H and O–H groups in total. The summed E-state index contributed by atoms with van der Waals surface area (Å²) in [5.41, 5.74) is 5.34. The standard InChI is InChI=1S/C10H12FN3O3/c1-13-10(12)17-5-4-7-6-8(14(15)16)2-3-9(7)11/h2-3,6H,4-5H2,1H3,(H2,12,13). The molecule has 0 aliphatic carbocycles. The molecule has 0 radical (unpaired) electrons. The molecule has 0 atom stereocenters. The predicted molar refractivity (Wildman–Crippen MR) is 60.3 cm³/mol. The van der Waals surface area contributed by atoms with E-state index >= 15 is 0 Å². The summed E-state index contributed by atoms with van der Waals surface area (Å²) in [5.74, 6) is -0.508. The van der Waals surface area contributed by atoms with Gasteiger partial charge in [-0.2, -0.15) is 0 Å². The van der Waals surface area contributed by atoms with Gasteiger partial charge in [0.25, 0.3) is 11.7 Å². The largest absolute Gasteiger partial charge is 0.465 e. The summed E-state index contributed by atoms with van der Waals surface area (Å²) < 4.78 is 18.2. The SMILES string of the molecule is C/N=C(/N)OCCc1cc([N+](=O)[O-])ccc1F. The number of nitrogens with zero attached hydrogens (tertiary/aromatic N) is 2. The Hall–Kier alpha value is -2.18. The van der Waals surface area contributed by atoms with E-state index in [4.69, 9.17) is 10.5 Å². The van der Waals surface area contributed by atoms with Gasteiger partial charge in [0, 0.05) is 25.6 Å². The Bertz CT molecular complexity index is 448. The normalized spacial score (nSPS) is 11.3. The van der Waals surface area contributed by atoms with E-state index < -0.39 is 10.7 Å². The van der Waals surface area contributed by atoms with Gasteiger partial charge < -0.3 is 10.5 Å². The number of aliphatic imine (C=N–C) groups is 1. The average molecular weight is 241 g/mol. The highest BCUT2D eigenvalue weighted by atomic mass is 19.1. The minimum absolute atomic E-state index is 0.00385. The van der Waals surface area contributed by atoms with Gasteiger partial charge in [-0.25, -0.2) is 9.38 Å². The number of halogens is 1. The fourth-order valence-electron chi connectivity index (χ4n) is 1.20. The molecule has 7 heteroatoms. The molecule has 0 amide bonds. The Balaban J connectivity index is 2.70. The highest BCUT2D eigenvalue weighted by Gasteiger charge is 2.10. The predicted octanol–water partition coefficient (Wildman–Crippen LogP) is 1.24. The lowest BCUT2D eigenvalue weighted by molar-refractivity contribution is -0.385. The Labute approximate surface area is 97.1 Å². The van der Waals surface area contributed by atoms with Crippen LogP contribution < -0.4 is 5.73 Å². The van der Waals surface area contributed by atoms with Gasteiger partial charge in [-0.05, 0) is 11.6 Å². The van der Waals surface area contributed by atoms with Crippen molar-refractivity contribution in [1.29, 1.82) is 0 Å². The Morgan fingerprint density at radius 2 is 2.35 bits per heavy atom. The van der Waals surface area contributed by atoms with Gasteiger partial charge in [-0.15, -0.1) is 0 Å². The Kier molecular flexibility index (Phi) is 4.38. The zero-order valence-corrected chi connectivity index (χ0v) is 9.22. The van der Waals surface area contributed by atoms with E-state index in [1.165, 1.54) is 13.1 Å². The van der Waals surface area contributed by atoms with Gasteiger partial charge in [-0.1, -0.05) is 0 Å². The molecule has 0 heterocycles. The van der Waals surface area contributed by atoms with Crippen LogP contribution in [0.4, 0.5) is 10.1 Å². The Morgan fingerprint density at radius 1 is 1.65 bits per heavy atom. The molecular weight excluding hydrogens is 229 g/mol. The summed E-state index contributed by atoms with van der Waals surface area (Å²) in [6, 6.07) is 3.35. The molecule has 0 unspecified atom stereocenters. The third-order valence-electron chi connectivity index (χ3n) is 2.08.